The molecule has 0 saturated heterocycles. The Labute approximate surface area is 70.2 Å². The molecule has 0 rings (SSSR count). The van der Waals surface area contributed by atoms with E-state index in [0.29, 0.717) is 17.1 Å². The molecule has 0 aliphatic heterocycles. The van der Waals surface area contributed by atoms with Gasteiger partial charge < -0.3 is 4.79 Å². The molecule has 0 fully saturated rings. The van der Waals surface area contributed by atoms with Crippen LogP contribution in [0.15, 0.2) is 0 Å². The number of Topliss-reactive ketones (excluding diaryl/α,β-unsaturated/α-hetero) is 1. The van der Waals surface area contributed by atoms with Crippen LogP contribution in [0.5, 0.6) is 0 Å². The van der Waals surface area contributed by atoms with E-state index < -0.39 is 0 Å². The number of hydrogen-bond acceptors (Lipinski definition) is 1. The van der Waals surface area contributed by atoms with Crippen LogP contribution in [0.1, 0.15) is 47.5 Å². The zero-order chi connectivity index (χ0) is 9.07. The van der Waals surface area contributed by atoms with Crippen LogP contribution in [0.3, 0.4) is 0 Å². The van der Waals surface area contributed by atoms with Gasteiger partial charge in [-0.05, 0) is 24.7 Å². The molecule has 0 N–H and O–H groups in total. The predicted octanol–water partition coefficient (Wildman–Crippen LogP) is 3.04. The highest BCUT2D eigenvalue weighted by Gasteiger charge is 2.15. The maximum absolute atomic E-state index is 10.7. The van der Waals surface area contributed by atoms with Crippen molar-refractivity contribution in [2.45, 2.75) is 47.5 Å². The molecule has 0 bridgehead atoms. The minimum Gasteiger partial charge on any atom is -0.300 e. The van der Waals surface area contributed by atoms with Crippen LogP contribution in [-0.4, -0.2) is 5.78 Å². The van der Waals surface area contributed by atoms with E-state index in [1.54, 1.807) is 6.92 Å². The van der Waals surface area contributed by atoms with Gasteiger partial charge in [0.1, 0.15) is 5.78 Å². The Hall–Kier alpha value is -0.330. The van der Waals surface area contributed by atoms with E-state index in [-0.39, 0.29) is 0 Å². The molecule has 1 nitrogen and oxygen atoms in total. The summed E-state index contributed by atoms with van der Waals surface area (Å²) in [6, 6.07) is 0. The molecule has 1 atom stereocenters. The van der Waals surface area contributed by atoms with Crippen LogP contribution < -0.4 is 0 Å². The summed E-state index contributed by atoms with van der Waals surface area (Å²) in [6.45, 7) is 10.4. The van der Waals surface area contributed by atoms with Gasteiger partial charge in [0.2, 0.25) is 0 Å². The summed E-state index contributed by atoms with van der Waals surface area (Å²) in [4.78, 5) is 10.7. The molecule has 66 valence electrons. The fourth-order valence-corrected chi connectivity index (χ4v) is 1.61. The normalized spacial score (nSPS) is 14.6. The van der Waals surface area contributed by atoms with Gasteiger partial charge in [-0.1, -0.05) is 27.7 Å². The maximum atomic E-state index is 10.7. The second kappa shape index (κ2) is 3.89. The molecule has 0 aromatic carbocycles. The monoisotopic (exact) mass is 156 g/mol. The Morgan fingerprint density at radius 3 is 2.09 bits per heavy atom. The lowest BCUT2D eigenvalue weighted by molar-refractivity contribution is -0.117. The largest absolute Gasteiger partial charge is 0.300 e. The Kier molecular flexibility index (Phi) is 3.77. The number of carbonyl (C=O) groups is 1. The van der Waals surface area contributed by atoms with E-state index in [4.69, 9.17) is 0 Å². The summed E-state index contributed by atoms with van der Waals surface area (Å²) in [6.07, 6.45) is 1.86. The van der Waals surface area contributed by atoms with Crippen molar-refractivity contribution in [2.75, 3.05) is 0 Å². The first-order valence-electron chi connectivity index (χ1n) is 4.31. The molecule has 1 heteroatoms. The van der Waals surface area contributed by atoms with Gasteiger partial charge in [-0.3, -0.25) is 0 Å². The number of rotatable bonds is 3. The molecule has 11 heavy (non-hydrogen) atoms. The summed E-state index contributed by atoms with van der Waals surface area (Å²) in [5, 5.41) is 0. The van der Waals surface area contributed by atoms with Crippen molar-refractivity contribution in [1.29, 1.82) is 0 Å². The topological polar surface area (TPSA) is 17.1 Å². The van der Waals surface area contributed by atoms with Crippen LogP contribution in [0.4, 0.5) is 0 Å². The van der Waals surface area contributed by atoms with Gasteiger partial charge in [-0.15, -0.1) is 0 Å². The Bertz CT molecular complexity index is 130. The smallest absolute Gasteiger partial charge is 0.130 e. The van der Waals surface area contributed by atoms with Crippen LogP contribution >= 0.6 is 0 Å². The van der Waals surface area contributed by atoms with E-state index in [0.717, 1.165) is 12.8 Å². The molecule has 0 aromatic rings. The van der Waals surface area contributed by atoms with Gasteiger partial charge in [0.05, 0.1) is 0 Å². The van der Waals surface area contributed by atoms with E-state index in [1.807, 2.05) is 0 Å². The van der Waals surface area contributed by atoms with Gasteiger partial charge in [-0.25, -0.2) is 0 Å². The average molecular weight is 156 g/mol. The van der Waals surface area contributed by atoms with Crippen LogP contribution in [0.2, 0.25) is 0 Å². The first kappa shape index (κ1) is 10.7. The molecule has 0 heterocycles. The van der Waals surface area contributed by atoms with Crippen molar-refractivity contribution in [3.05, 3.63) is 0 Å². The molecule has 0 aliphatic carbocycles. The molecule has 0 aliphatic rings. The Morgan fingerprint density at radius 2 is 1.82 bits per heavy atom. The second-order valence-corrected chi connectivity index (χ2v) is 4.78. The fourth-order valence-electron chi connectivity index (χ4n) is 1.61. The van der Waals surface area contributed by atoms with E-state index >= 15 is 0 Å². The third kappa shape index (κ3) is 7.57. The number of ketones is 1. The fraction of sp³-hybridized carbons (Fsp3) is 0.900. The summed E-state index contributed by atoms with van der Waals surface area (Å²) < 4.78 is 0. The van der Waals surface area contributed by atoms with Gasteiger partial charge in [-0.2, -0.15) is 0 Å². The molecule has 0 unspecified atom stereocenters. The van der Waals surface area contributed by atoms with E-state index in [1.165, 1.54) is 0 Å². The van der Waals surface area contributed by atoms with E-state index in [2.05, 4.69) is 27.7 Å². The molecular weight excluding hydrogens is 136 g/mol. The molecule has 0 radical (unpaired) electrons. The highest BCUT2D eigenvalue weighted by Crippen LogP contribution is 2.25. The first-order chi connectivity index (χ1) is 4.81. The molecule has 0 saturated carbocycles. The predicted molar refractivity (Wildman–Crippen MR) is 48.5 cm³/mol. The van der Waals surface area contributed by atoms with Crippen molar-refractivity contribution in [1.82, 2.24) is 0 Å². The second-order valence-electron chi connectivity index (χ2n) is 4.78. The van der Waals surface area contributed by atoms with Crippen molar-refractivity contribution in [3.63, 3.8) is 0 Å². The summed E-state index contributed by atoms with van der Waals surface area (Å²) in [5.41, 5.74) is 0.356. The zero-order valence-corrected chi connectivity index (χ0v) is 8.40. The third-order valence-corrected chi connectivity index (χ3v) is 1.60. The molecule has 0 amide bonds. The lowest BCUT2D eigenvalue weighted by Crippen LogP contribution is -2.12. The van der Waals surface area contributed by atoms with Crippen LogP contribution in [-0.2, 0) is 4.79 Å². The SMILES string of the molecule is CC(=O)C[C@@H](C)CC(C)(C)C. The minimum atomic E-state index is 0.307. The summed E-state index contributed by atoms with van der Waals surface area (Å²) >= 11 is 0. The standard InChI is InChI=1S/C10H20O/c1-8(6-9(2)11)7-10(3,4)5/h8H,6-7H2,1-5H3/t8-/m1/s1. The van der Waals surface area contributed by atoms with Gasteiger partial charge in [0, 0.05) is 6.42 Å². The van der Waals surface area contributed by atoms with Crippen molar-refractivity contribution in [3.8, 4) is 0 Å². The molecule has 0 aromatic heterocycles. The number of carbonyl (C=O) groups excluding carboxylic acids is 1. The van der Waals surface area contributed by atoms with Gasteiger partial charge in [0.15, 0.2) is 0 Å². The molecule has 0 spiro atoms. The summed E-state index contributed by atoms with van der Waals surface area (Å²) in [5.74, 6) is 0.842. The van der Waals surface area contributed by atoms with Gasteiger partial charge >= 0.3 is 0 Å². The van der Waals surface area contributed by atoms with Crippen molar-refractivity contribution < 1.29 is 4.79 Å². The van der Waals surface area contributed by atoms with Crippen molar-refractivity contribution in [2.24, 2.45) is 11.3 Å². The van der Waals surface area contributed by atoms with Crippen LogP contribution in [0.25, 0.3) is 0 Å². The average Bonchev–Trinajstić information content (AvgIpc) is 1.53. The zero-order valence-electron chi connectivity index (χ0n) is 8.40. The lowest BCUT2D eigenvalue weighted by atomic mass is 9.84. The Balaban J connectivity index is 3.69. The maximum Gasteiger partial charge on any atom is 0.130 e. The molecular formula is C10H20O. The highest BCUT2D eigenvalue weighted by molar-refractivity contribution is 5.75. The van der Waals surface area contributed by atoms with Crippen molar-refractivity contribution >= 4 is 5.78 Å². The Morgan fingerprint density at radius 1 is 1.36 bits per heavy atom. The number of hydrogen-bond donors (Lipinski definition) is 0. The van der Waals surface area contributed by atoms with Crippen LogP contribution in [0, 0.1) is 11.3 Å². The quantitative estimate of drug-likeness (QED) is 0.614. The first-order valence-corrected chi connectivity index (χ1v) is 4.31. The highest BCUT2D eigenvalue weighted by atomic mass is 16.1. The van der Waals surface area contributed by atoms with E-state index in [9.17, 15) is 4.79 Å². The van der Waals surface area contributed by atoms with Gasteiger partial charge in [0.25, 0.3) is 0 Å². The minimum absolute atomic E-state index is 0.307. The lowest BCUT2D eigenvalue weighted by Gasteiger charge is -2.22. The summed E-state index contributed by atoms with van der Waals surface area (Å²) in [7, 11) is 0. The third-order valence-electron chi connectivity index (χ3n) is 1.60.